The molecule has 88 valence electrons. The minimum atomic E-state index is 0.344. The van der Waals surface area contributed by atoms with Crippen LogP contribution in [0.5, 0.6) is 0 Å². The van der Waals surface area contributed by atoms with E-state index in [4.69, 9.17) is 10.5 Å². The van der Waals surface area contributed by atoms with Gasteiger partial charge in [0.25, 0.3) is 0 Å². The molecule has 2 atom stereocenters. The fourth-order valence-electron chi connectivity index (χ4n) is 2.35. The van der Waals surface area contributed by atoms with Crippen molar-refractivity contribution in [3.05, 3.63) is 35.4 Å². The second-order valence-electron chi connectivity index (χ2n) is 4.85. The van der Waals surface area contributed by atoms with Crippen molar-refractivity contribution < 1.29 is 4.74 Å². The fraction of sp³-hybridized carbons (Fsp3) is 0.571. The van der Waals surface area contributed by atoms with Gasteiger partial charge in [0.15, 0.2) is 0 Å². The Bertz CT molecular complexity index is 337. The highest BCUT2D eigenvalue weighted by Gasteiger charge is 2.19. The van der Waals surface area contributed by atoms with E-state index >= 15 is 0 Å². The number of aryl methyl sites for hydroxylation is 1. The van der Waals surface area contributed by atoms with Gasteiger partial charge in [-0.3, -0.25) is 0 Å². The summed E-state index contributed by atoms with van der Waals surface area (Å²) < 4.78 is 5.91. The van der Waals surface area contributed by atoms with Crippen LogP contribution < -0.4 is 5.73 Å². The van der Waals surface area contributed by atoms with Gasteiger partial charge >= 0.3 is 0 Å². The molecule has 2 unspecified atom stereocenters. The van der Waals surface area contributed by atoms with Crippen molar-refractivity contribution in [1.29, 1.82) is 0 Å². The monoisotopic (exact) mass is 219 g/mol. The van der Waals surface area contributed by atoms with E-state index in [-0.39, 0.29) is 0 Å². The lowest BCUT2D eigenvalue weighted by Gasteiger charge is -2.26. The molecule has 1 aromatic rings. The van der Waals surface area contributed by atoms with Crippen LogP contribution in [0.25, 0.3) is 0 Å². The predicted molar refractivity (Wildman–Crippen MR) is 66.2 cm³/mol. The first-order valence-corrected chi connectivity index (χ1v) is 6.17. The Morgan fingerprint density at radius 3 is 3.00 bits per heavy atom. The zero-order chi connectivity index (χ0) is 11.4. The van der Waals surface area contributed by atoms with Crippen molar-refractivity contribution in [2.24, 2.45) is 5.73 Å². The summed E-state index contributed by atoms with van der Waals surface area (Å²) in [4.78, 5) is 0. The first-order chi connectivity index (χ1) is 7.74. The van der Waals surface area contributed by atoms with Crippen LogP contribution in [0.3, 0.4) is 0 Å². The van der Waals surface area contributed by atoms with Gasteiger partial charge in [0.1, 0.15) is 0 Å². The number of benzene rings is 1. The van der Waals surface area contributed by atoms with E-state index < -0.39 is 0 Å². The normalized spacial score (nSPS) is 25.6. The first kappa shape index (κ1) is 11.6. The molecule has 2 nitrogen and oxygen atoms in total. The van der Waals surface area contributed by atoms with Gasteiger partial charge in [0.2, 0.25) is 0 Å². The minimum Gasteiger partial charge on any atom is -0.373 e. The maximum atomic E-state index is 5.94. The maximum absolute atomic E-state index is 5.94. The molecular weight excluding hydrogens is 198 g/mol. The van der Waals surface area contributed by atoms with Gasteiger partial charge in [-0.15, -0.1) is 0 Å². The van der Waals surface area contributed by atoms with Crippen molar-refractivity contribution >= 4 is 0 Å². The molecule has 1 aliphatic carbocycles. The Kier molecular flexibility index (Phi) is 3.97. The highest BCUT2D eigenvalue weighted by molar-refractivity contribution is 5.21. The summed E-state index contributed by atoms with van der Waals surface area (Å²) in [6.45, 7) is 2.83. The average Bonchev–Trinajstić information content (AvgIpc) is 2.27. The van der Waals surface area contributed by atoms with E-state index in [2.05, 4.69) is 31.2 Å². The molecule has 0 amide bonds. The third kappa shape index (κ3) is 3.32. The molecule has 1 saturated carbocycles. The Balaban J connectivity index is 1.82. The van der Waals surface area contributed by atoms with Crippen LogP contribution in [0.4, 0.5) is 0 Å². The van der Waals surface area contributed by atoms with Gasteiger partial charge < -0.3 is 10.5 Å². The lowest BCUT2D eigenvalue weighted by molar-refractivity contribution is 0.0122. The van der Waals surface area contributed by atoms with E-state index in [1.165, 1.54) is 24.0 Å². The summed E-state index contributed by atoms with van der Waals surface area (Å²) in [5.41, 5.74) is 8.49. The predicted octanol–water partition coefficient (Wildman–Crippen LogP) is 2.78. The van der Waals surface area contributed by atoms with Crippen molar-refractivity contribution in [3.63, 3.8) is 0 Å². The van der Waals surface area contributed by atoms with Gasteiger partial charge in [-0.2, -0.15) is 0 Å². The standard InChI is InChI=1S/C14H21NO/c1-11-4-2-5-12(8-11)10-16-14-7-3-6-13(15)9-14/h2,4-5,8,13-14H,3,6-7,9-10,15H2,1H3. The Morgan fingerprint density at radius 2 is 2.25 bits per heavy atom. The number of hydrogen-bond donors (Lipinski definition) is 1. The zero-order valence-electron chi connectivity index (χ0n) is 9.99. The topological polar surface area (TPSA) is 35.2 Å². The van der Waals surface area contributed by atoms with Crippen LogP contribution in [0.2, 0.25) is 0 Å². The molecule has 1 aliphatic rings. The minimum absolute atomic E-state index is 0.344. The third-order valence-corrected chi connectivity index (χ3v) is 3.23. The van der Waals surface area contributed by atoms with Crippen LogP contribution in [0, 0.1) is 6.92 Å². The molecule has 2 rings (SSSR count). The number of hydrogen-bond acceptors (Lipinski definition) is 2. The quantitative estimate of drug-likeness (QED) is 0.848. The SMILES string of the molecule is Cc1cccc(COC2CCCC(N)C2)c1. The molecule has 1 fully saturated rings. The highest BCUT2D eigenvalue weighted by atomic mass is 16.5. The molecule has 0 heterocycles. The van der Waals surface area contributed by atoms with E-state index in [1.54, 1.807) is 0 Å². The van der Waals surface area contributed by atoms with Crippen LogP contribution >= 0.6 is 0 Å². The number of nitrogens with two attached hydrogens (primary N) is 1. The summed E-state index contributed by atoms with van der Waals surface area (Å²) in [6.07, 6.45) is 4.92. The first-order valence-electron chi connectivity index (χ1n) is 6.17. The van der Waals surface area contributed by atoms with E-state index in [0.29, 0.717) is 12.1 Å². The zero-order valence-corrected chi connectivity index (χ0v) is 9.99. The number of rotatable bonds is 3. The Labute approximate surface area is 97.8 Å². The van der Waals surface area contributed by atoms with E-state index in [0.717, 1.165) is 19.4 Å². The summed E-state index contributed by atoms with van der Waals surface area (Å²) in [5, 5.41) is 0. The van der Waals surface area contributed by atoms with Gasteiger partial charge in [-0.1, -0.05) is 29.8 Å². The summed E-state index contributed by atoms with van der Waals surface area (Å²) >= 11 is 0. The largest absolute Gasteiger partial charge is 0.373 e. The van der Waals surface area contributed by atoms with Gasteiger partial charge in [0, 0.05) is 6.04 Å². The van der Waals surface area contributed by atoms with Crippen molar-refractivity contribution in [3.8, 4) is 0 Å². The summed E-state index contributed by atoms with van der Waals surface area (Å²) in [5.74, 6) is 0. The van der Waals surface area contributed by atoms with Crippen molar-refractivity contribution in [2.75, 3.05) is 0 Å². The molecule has 0 aromatic heterocycles. The van der Waals surface area contributed by atoms with Crippen LogP contribution in [-0.4, -0.2) is 12.1 Å². The summed E-state index contributed by atoms with van der Waals surface area (Å²) in [7, 11) is 0. The molecule has 1 aromatic carbocycles. The Hall–Kier alpha value is -0.860. The molecule has 0 radical (unpaired) electrons. The Morgan fingerprint density at radius 1 is 1.38 bits per heavy atom. The van der Waals surface area contributed by atoms with Crippen LogP contribution in [0.15, 0.2) is 24.3 Å². The number of ether oxygens (including phenoxy) is 1. The smallest absolute Gasteiger partial charge is 0.0720 e. The molecular formula is C14H21NO. The van der Waals surface area contributed by atoms with Crippen LogP contribution in [0.1, 0.15) is 36.8 Å². The molecule has 2 N–H and O–H groups in total. The van der Waals surface area contributed by atoms with E-state index in [9.17, 15) is 0 Å². The second kappa shape index (κ2) is 5.46. The summed E-state index contributed by atoms with van der Waals surface area (Å²) in [6, 6.07) is 8.84. The lowest BCUT2D eigenvalue weighted by atomic mass is 9.93. The van der Waals surface area contributed by atoms with Crippen molar-refractivity contribution in [2.45, 2.75) is 51.4 Å². The molecule has 0 saturated heterocycles. The average molecular weight is 219 g/mol. The highest BCUT2D eigenvalue weighted by Crippen LogP contribution is 2.21. The molecule has 0 spiro atoms. The fourth-order valence-corrected chi connectivity index (χ4v) is 2.35. The van der Waals surface area contributed by atoms with Crippen molar-refractivity contribution in [1.82, 2.24) is 0 Å². The van der Waals surface area contributed by atoms with Crippen LogP contribution in [-0.2, 0) is 11.3 Å². The molecule has 16 heavy (non-hydrogen) atoms. The maximum Gasteiger partial charge on any atom is 0.0720 e. The van der Waals surface area contributed by atoms with Gasteiger partial charge in [-0.25, -0.2) is 0 Å². The molecule has 2 heteroatoms. The third-order valence-electron chi connectivity index (χ3n) is 3.23. The molecule has 0 bridgehead atoms. The lowest BCUT2D eigenvalue weighted by Crippen LogP contribution is -2.32. The molecule has 0 aliphatic heterocycles. The second-order valence-corrected chi connectivity index (χ2v) is 4.85. The van der Waals surface area contributed by atoms with Gasteiger partial charge in [-0.05, 0) is 38.2 Å². The van der Waals surface area contributed by atoms with E-state index in [1.807, 2.05) is 0 Å². The van der Waals surface area contributed by atoms with Gasteiger partial charge in [0.05, 0.1) is 12.7 Å².